The molecule has 2 aromatic carbocycles. The summed E-state index contributed by atoms with van der Waals surface area (Å²) < 4.78 is 19.0. The summed E-state index contributed by atoms with van der Waals surface area (Å²) in [5.41, 5.74) is 1.56. The fourth-order valence-corrected chi connectivity index (χ4v) is 2.41. The second-order valence-corrected chi connectivity index (χ2v) is 5.84. The van der Waals surface area contributed by atoms with Gasteiger partial charge in [0.15, 0.2) is 6.61 Å². The highest BCUT2D eigenvalue weighted by Crippen LogP contribution is 2.23. The Morgan fingerprint density at radius 2 is 1.96 bits per heavy atom. The normalized spacial score (nSPS) is 10.4. The van der Waals surface area contributed by atoms with Crippen molar-refractivity contribution in [2.75, 3.05) is 13.2 Å². The predicted molar refractivity (Wildman–Crippen MR) is 88.7 cm³/mol. The van der Waals surface area contributed by atoms with Gasteiger partial charge in [0.05, 0.1) is 6.61 Å². The Labute approximate surface area is 142 Å². The molecule has 122 valence electrons. The molecule has 0 aliphatic rings. The van der Waals surface area contributed by atoms with Crippen LogP contribution in [0.25, 0.3) is 0 Å². The maximum atomic E-state index is 12.8. The van der Waals surface area contributed by atoms with Crippen molar-refractivity contribution in [3.05, 3.63) is 63.9 Å². The minimum atomic E-state index is -0.277. The number of benzene rings is 2. The van der Waals surface area contributed by atoms with Crippen molar-refractivity contribution in [3.63, 3.8) is 0 Å². The van der Waals surface area contributed by atoms with Crippen LogP contribution in [0.5, 0.6) is 5.75 Å². The molecule has 0 aliphatic heterocycles. The molecule has 0 aliphatic carbocycles. The first-order valence-electron chi connectivity index (χ1n) is 7.11. The van der Waals surface area contributed by atoms with Gasteiger partial charge in [0, 0.05) is 16.6 Å². The van der Waals surface area contributed by atoms with Crippen LogP contribution in [-0.4, -0.2) is 24.2 Å². The van der Waals surface area contributed by atoms with Crippen molar-refractivity contribution in [2.24, 2.45) is 0 Å². The van der Waals surface area contributed by atoms with Gasteiger partial charge in [-0.1, -0.05) is 28.1 Å². The molecule has 0 spiro atoms. The van der Waals surface area contributed by atoms with Gasteiger partial charge in [-0.2, -0.15) is 0 Å². The third-order valence-electron chi connectivity index (χ3n) is 3.20. The molecule has 0 saturated heterocycles. The maximum Gasteiger partial charge on any atom is 0.257 e. The Balaban J connectivity index is 1.76. The molecule has 0 atom stereocenters. The Morgan fingerprint density at radius 1 is 1.22 bits per heavy atom. The first-order chi connectivity index (χ1) is 11.1. The van der Waals surface area contributed by atoms with E-state index in [1.54, 1.807) is 30.3 Å². The third-order valence-corrected chi connectivity index (χ3v) is 3.69. The average molecular weight is 382 g/mol. The SMILES string of the molecule is O=C(COc1ccc(Br)cc1CO)NCCc1ccc(F)cc1. The van der Waals surface area contributed by atoms with E-state index in [1.165, 1.54) is 12.1 Å². The number of carbonyl (C=O) groups is 1. The van der Waals surface area contributed by atoms with Gasteiger partial charge in [-0.15, -0.1) is 0 Å². The van der Waals surface area contributed by atoms with Crippen LogP contribution in [-0.2, 0) is 17.8 Å². The lowest BCUT2D eigenvalue weighted by molar-refractivity contribution is -0.123. The summed E-state index contributed by atoms with van der Waals surface area (Å²) in [5.74, 6) is -0.0522. The Bertz CT molecular complexity index is 661. The summed E-state index contributed by atoms with van der Waals surface area (Å²) in [5, 5.41) is 12.0. The van der Waals surface area contributed by atoms with Crippen molar-refractivity contribution in [3.8, 4) is 5.75 Å². The number of aliphatic hydroxyl groups is 1. The lowest BCUT2D eigenvalue weighted by atomic mass is 10.1. The number of halogens is 2. The molecular weight excluding hydrogens is 365 g/mol. The van der Waals surface area contributed by atoms with Crippen LogP contribution < -0.4 is 10.1 Å². The van der Waals surface area contributed by atoms with E-state index in [4.69, 9.17) is 4.74 Å². The van der Waals surface area contributed by atoms with Crippen LogP contribution in [0, 0.1) is 5.82 Å². The molecule has 2 N–H and O–H groups in total. The smallest absolute Gasteiger partial charge is 0.257 e. The number of ether oxygens (including phenoxy) is 1. The highest BCUT2D eigenvalue weighted by Gasteiger charge is 2.07. The van der Waals surface area contributed by atoms with Gasteiger partial charge in [-0.05, 0) is 42.3 Å². The van der Waals surface area contributed by atoms with E-state index in [0.717, 1.165) is 10.0 Å². The summed E-state index contributed by atoms with van der Waals surface area (Å²) >= 11 is 3.31. The van der Waals surface area contributed by atoms with Crippen LogP contribution in [0.15, 0.2) is 46.9 Å². The van der Waals surface area contributed by atoms with Gasteiger partial charge in [0.25, 0.3) is 5.91 Å². The monoisotopic (exact) mass is 381 g/mol. The fourth-order valence-electron chi connectivity index (χ4n) is 2.00. The second-order valence-electron chi connectivity index (χ2n) is 4.93. The van der Waals surface area contributed by atoms with Crippen molar-refractivity contribution in [2.45, 2.75) is 13.0 Å². The molecule has 0 unspecified atom stereocenters. The summed E-state index contributed by atoms with van der Waals surface area (Å²) in [7, 11) is 0. The second kappa shape index (κ2) is 8.64. The summed E-state index contributed by atoms with van der Waals surface area (Å²) in [4.78, 5) is 11.8. The summed E-state index contributed by atoms with van der Waals surface area (Å²) in [6, 6.07) is 11.4. The van der Waals surface area contributed by atoms with Crippen molar-refractivity contribution < 1.29 is 19.0 Å². The van der Waals surface area contributed by atoms with E-state index in [1.807, 2.05) is 0 Å². The molecule has 2 rings (SSSR count). The van der Waals surface area contributed by atoms with E-state index in [-0.39, 0.29) is 24.9 Å². The molecule has 0 saturated carbocycles. The van der Waals surface area contributed by atoms with Crippen LogP contribution in [0.2, 0.25) is 0 Å². The molecule has 23 heavy (non-hydrogen) atoms. The van der Waals surface area contributed by atoms with E-state index in [9.17, 15) is 14.3 Å². The first-order valence-corrected chi connectivity index (χ1v) is 7.91. The molecule has 0 aromatic heterocycles. The lowest BCUT2D eigenvalue weighted by Crippen LogP contribution is -2.30. The summed E-state index contributed by atoms with van der Waals surface area (Å²) in [6.07, 6.45) is 0.617. The highest BCUT2D eigenvalue weighted by atomic mass is 79.9. The molecule has 1 amide bonds. The molecule has 0 heterocycles. The highest BCUT2D eigenvalue weighted by molar-refractivity contribution is 9.10. The molecule has 0 radical (unpaired) electrons. The molecular formula is C17H17BrFNO3. The molecule has 2 aromatic rings. The molecule has 6 heteroatoms. The standard InChI is InChI=1S/C17H17BrFNO3/c18-14-3-6-16(13(9-14)10-21)23-11-17(22)20-8-7-12-1-4-15(19)5-2-12/h1-6,9,21H,7-8,10-11H2,(H,20,22). The minimum absolute atomic E-state index is 0.127. The number of carbonyl (C=O) groups excluding carboxylic acids is 1. The van der Waals surface area contributed by atoms with E-state index in [0.29, 0.717) is 24.3 Å². The lowest BCUT2D eigenvalue weighted by Gasteiger charge is -2.11. The topological polar surface area (TPSA) is 58.6 Å². The van der Waals surface area contributed by atoms with Gasteiger partial charge in [0.2, 0.25) is 0 Å². The number of amides is 1. The minimum Gasteiger partial charge on any atom is -0.483 e. The van der Waals surface area contributed by atoms with Crippen LogP contribution >= 0.6 is 15.9 Å². The van der Waals surface area contributed by atoms with Gasteiger partial charge in [-0.25, -0.2) is 4.39 Å². The maximum absolute atomic E-state index is 12.8. The van der Waals surface area contributed by atoms with Gasteiger partial charge >= 0.3 is 0 Å². The van der Waals surface area contributed by atoms with E-state index < -0.39 is 0 Å². The first kappa shape index (κ1) is 17.4. The number of hydrogen-bond donors (Lipinski definition) is 2. The predicted octanol–water partition coefficient (Wildman–Crippen LogP) is 2.82. The Kier molecular flexibility index (Phi) is 6.55. The van der Waals surface area contributed by atoms with Gasteiger partial charge < -0.3 is 15.2 Å². The number of nitrogens with one attached hydrogen (secondary N) is 1. The van der Waals surface area contributed by atoms with E-state index in [2.05, 4.69) is 21.2 Å². The quantitative estimate of drug-likeness (QED) is 0.775. The Morgan fingerprint density at radius 3 is 2.65 bits per heavy atom. The van der Waals surface area contributed by atoms with Crippen molar-refractivity contribution >= 4 is 21.8 Å². The number of hydrogen-bond acceptors (Lipinski definition) is 3. The molecule has 0 bridgehead atoms. The number of aliphatic hydroxyl groups excluding tert-OH is 1. The van der Waals surface area contributed by atoms with Crippen LogP contribution in [0.1, 0.15) is 11.1 Å². The Hall–Kier alpha value is -1.92. The van der Waals surface area contributed by atoms with E-state index >= 15 is 0 Å². The zero-order valence-corrected chi connectivity index (χ0v) is 14.0. The largest absolute Gasteiger partial charge is 0.483 e. The van der Waals surface area contributed by atoms with Crippen LogP contribution in [0.3, 0.4) is 0 Å². The number of rotatable bonds is 7. The van der Waals surface area contributed by atoms with Crippen molar-refractivity contribution in [1.82, 2.24) is 5.32 Å². The fraction of sp³-hybridized carbons (Fsp3) is 0.235. The zero-order valence-electron chi connectivity index (χ0n) is 12.4. The van der Waals surface area contributed by atoms with Crippen molar-refractivity contribution in [1.29, 1.82) is 0 Å². The average Bonchev–Trinajstić information content (AvgIpc) is 2.55. The summed E-state index contributed by atoms with van der Waals surface area (Å²) in [6.45, 7) is 0.153. The van der Waals surface area contributed by atoms with Gasteiger partial charge in [-0.3, -0.25) is 4.79 Å². The third kappa shape index (κ3) is 5.65. The molecule has 0 fully saturated rings. The van der Waals surface area contributed by atoms with Crippen LogP contribution in [0.4, 0.5) is 4.39 Å². The van der Waals surface area contributed by atoms with Gasteiger partial charge in [0.1, 0.15) is 11.6 Å². The zero-order chi connectivity index (χ0) is 16.7. The molecule has 4 nitrogen and oxygen atoms in total.